The molecule has 0 fully saturated rings. The third-order valence-corrected chi connectivity index (χ3v) is 2.52. The second-order valence-corrected chi connectivity index (χ2v) is 3.78. The van der Waals surface area contributed by atoms with Crippen molar-refractivity contribution in [3.8, 4) is 6.07 Å². The van der Waals surface area contributed by atoms with Gasteiger partial charge in [-0.2, -0.15) is 5.26 Å². The summed E-state index contributed by atoms with van der Waals surface area (Å²) in [5, 5.41) is 14.8. The zero-order valence-corrected chi connectivity index (χ0v) is 12.1. The molecule has 0 radical (unpaired) electrons. The van der Waals surface area contributed by atoms with Crippen LogP contribution in [0.15, 0.2) is 23.2 Å². The summed E-state index contributed by atoms with van der Waals surface area (Å²) in [7, 11) is 0. The van der Waals surface area contributed by atoms with Crippen molar-refractivity contribution >= 4 is 29.9 Å². The Kier molecular flexibility index (Phi) is 5.85. The van der Waals surface area contributed by atoms with E-state index in [4.69, 9.17) is 5.26 Å². The Balaban J connectivity index is 0.00000162. The van der Waals surface area contributed by atoms with Crippen LogP contribution in [0.2, 0.25) is 0 Å². The molecule has 1 aromatic rings. The topological polar surface area (TPSA) is 60.2 Å². The minimum atomic E-state index is -0.312. The van der Waals surface area contributed by atoms with Crippen molar-refractivity contribution in [2.75, 3.05) is 13.1 Å². The van der Waals surface area contributed by atoms with E-state index in [2.05, 4.69) is 15.6 Å². The van der Waals surface area contributed by atoms with Crippen LogP contribution < -0.4 is 10.6 Å². The lowest BCUT2D eigenvalue weighted by molar-refractivity contribution is 0.602. The van der Waals surface area contributed by atoms with E-state index in [1.165, 1.54) is 12.1 Å². The fourth-order valence-corrected chi connectivity index (χ4v) is 1.61. The first kappa shape index (κ1) is 14.7. The summed E-state index contributed by atoms with van der Waals surface area (Å²) in [5.41, 5.74) is 0.931. The monoisotopic (exact) mass is 360 g/mol. The lowest BCUT2D eigenvalue weighted by Crippen LogP contribution is -2.40. The molecule has 6 heteroatoms. The van der Waals surface area contributed by atoms with E-state index < -0.39 is 0 Å². The molecular weight excluding hydrogens is 346 g/mol. The molecule has 96 valence electrons. The van der Waals surface area contributed by atoms with Gasteiger partial charge < -0.3 is 10.6 Å². The van der Waals surface area contributed by atoms with Crippen LogP contribution in [0.3, 0.4) is 0 Å². The molecule has 0 saturated carbocycles. The Labute approximate surface area is 122 Å². The molecule has 0 unspecified atom stereocenters. The van der Waals surface area contributed by atoms with Gasteiger partial charge in [-0.05, 0) is 24.6 Å². The van der Waals surface area contributed by atoms with Crippen molar-refractivity contribution in [2.24, 2.45) is 4.99 Å². The van der Waals surface area contributed by atoms with E-state index in [0.29, 0.717) is 23.6 Å². The number of nitrogens with zero attached hydrogens (tertiary/aromatic N) is 2. The molecule has 18 heavy (non-hydrogen) atoms. The first-order valence-electron chi connectivity index (χ1n) is 5.50. The molecule has 0 bridgehead atoms. The number of aliphatic imine (C=N–C) groups is 1. The van der Waals surface area contributed by atoms with Gasteiger partial charge in [-0.15, -0.1) is 24.0 Å². The zero-order chi connectivity index (χ0) is 12.1. The average molecular weight is 360 g/mol. The summed E-state index contributed by atoms with van der Waals surface area (Å²) in [5.74, 6) is 0.380. The number of benzene rings is 1. The predicted molar refractivity (Wildman–Crippen MR) is 78.3 cm³/mol. The van der Waals surface area contributed by atoms with Crippen molar-refractivity contribution in [3.63, 3.8) is 0 Å². The highest BCUT2D eigenvalue weighted by atomic mass is 127. The minimum Gasteiger partial charge on any atom is -0.356 e. The molecule has 2 N–H and O–H groups in total. The van der Waals surface area contributed by atoms with Gasteiger partial charge in [0, 0.05) is 25.2 Å². The summed E-state index contributed by atoms with van der Waals surface area (Å²) in [6.45, 7) is 2.00. The second kappa shape index (κ2) is 7.16. The summed E-state index contributed by atoms with van der Waals surface area (Å²) in [6.07, 6.45) is 1.02. The standard InChI is InChI=1S/C12H13FN4.HI/c13-11-3-2-9(7-14)6-10(11)8-17-12-15-4-1-5-16-12;/h2-3,6H,1,4-5,8H2,(H2,15,16,17);1H. The van der Waals surface area contributed by atoms with E-state index in [1.807, 2.05) is 6.07 Å². The smallest absolute Gasteiger partial charge is 0.191 e. The number of guanidine groups is 1. The molecule has 0 spiro atoms. The molecule has 0 aromatic heterocycles. The third kappa shape index (κ3) is 3.84. The van der Waals surface area contributed by atoms with Gasteiger partial charge in [-0.25, -0.2) is 4.39 Å². The molecule has 0 amide bonds. The fourth-order valence-electron chi connectivity index (χ4n) is 1.61. The minimum absolute atomic E-state index is 0. The van der Waals surface area contributed by atoms with Gasteiger partial charge in [0.1, 0.15) is 5.82 Å². The highest BCUT2D eigenvalue weighted by Crippen LogP contribution is 2.09. The van der Waals surface area contributed by atoms with E-state index in [-0.39, 0.29) is 29.8 Å². The van der Waals surface area contributed by atoms with Crippen LogP contribution >= 0.6 is 24.0 Å². The summed E-state index contributed by atoms with van der Waals surface area (Å²) >= 11 is 0. The van der Waals surface area contributed by atoms with Crippen LogP contribution in [-0.4, -0.2) is 19.0 Å². The molecule has 1 heterocycles. The van der Waals surface area contributed by atoms with Gasteiger partial charge in [-0.3, -0.25) is 4.99 Å². The molecule has 2 rings (SSSR count). The van der Waals surface area contributed by atoms with Gasteiger partial charge >= 0.3 is 0 Å². The van der Waals surface area contributed by atoms with Crippen molar-refractivity contribution in [3.05, 3.63) is 35.1 Å². The molecule has 4 nitrogen and oxygen atoms in total. The number of nitrogens with one attached hydrogen (secondary N) is 2. The van der Waals surface area contributed by atoms with Crippen LogP contribution in [0.1, 0.15) is 17.5 Å². The van der Waals surface area contributed by atoms with Gasteiger partial charge in [0.05, 0.1) is 11.6 Å². The van der Waals surface area contributed by atoms with Crippen molar-refractivity contribution < 1.29 is 4.39 Å². The number of hydrogen-bond donors (Lipinski definition) is 2. The summed E-state index contributed by atoms with van der Waals surface area (Å²) in [6, 6.07) is 6.32. The SMILES string of the molecule is I.N#Cc1ccc(F)c(CNC2=NCCCN2)c1. The quantitative estimate of drug-likeness (QED) is 0.791. The average Bonchev–Trinajstić information content (AvgIpc) is 2.39. The van der Waals surface area contributed by atoms with Crippen LogP contribution in [0.4, 0.5) is 4.39 Å². The molecule has 1 aliphatic rings. The lowest BCUT2D eigenvalue weighted by Gasteiger charge is -2.16. The molecular formula is C12H14FIN4. The molecule has 0 atom stereocenters. The Morgan fingerprint density at radius 1 is 1.50 bits per heavy atom. The van der Waals surface area contributed by atoms with Crippen LogP contribution in [0.5, 0.6) is 0 Å². The first-order valence-corrected chi connectivity index (χ1v) is 5.50. The zero-order valence-electron chi connectivity index (χ0n) is 9.74. The predicted octanol–water partition coefficient (Wildman–Crippen LogP) is 1.75. The molecule has 1 aliphatic heterocycles. The van der Waals surface area contributed by atoms with Crippen molar-refractivity contribution in [2.45, 2.75) is 13.0 Å². The highest BCUT2D eigenvalue weighted by molar-refractivity contribution is 14.0. The van der Waals surface area contributed by atoms with Gasteiger partial charge in [0.25, 0.3) is 0 Å². The lowest BCUT2D eigenvalue weighted by atomic mass is 10.1. The third-order valence-electron chi connectivity index (χ3n) is 2.52. The Bertz CT molecular complexity index is 481. The maximum atomic E-state index is 13.5. The van der Waals surface area contributed by atoms with E-state index in [9.17, 15) is 4.39 Å². The first-order chi connectivity index (χ1) is 8.29. The Hall–Kier alpha value is -1.36. The second-order valence-electron chi connectivity index (χ2n) is 3.78. The normalized spacial score (nSPS) is 13.7. The Morgan fingerprint density at radius 2 is 2.33 bits per heavy atom. The van der Waals surface area contributed by atoms with Gasteiger partial charge in [0.2, 0.25) is 0 Å². The largest absolute Gasteiger partial charge is 0.356 e. The Morgan fingerprint density at radius 3 is 3.00 bits per heavy atom. The number of halogens is 2. The summed E-state index contributed by atoms with van der Waals surface area (Å²) in [4.78, 5) is 4.22. The molecule has 1 aromatic carbocycles. The number of nitriles is 1. The highest BCUT2D eigenvalue weighted by Gasteiger charge is 2.06. The molecule has 0 saturated heterocycles. The van der Waals surface area contributed by atoms with Crippen molar-refractivity contribution in [1.29, 1.82) is 5.26 Å². The van der Waals surface area contributed by atoms with E-state index >= 15 is 0 Å². The van der Waals surface area contributed by atoms with Crippen LogP contribution in [0, 0.1) is 17.1 Å². The van der Waals surface area contributed by atoms with E-state index in [1.54, 1.807) is 6.07 Å². The van der Waals surface area contributed by atoms with E-state index in [0.717, 1.165) is 19.5 Å². The van der Waals surface area contributed by atoms with Crippen LogP contribution in [0.25, 0.3) is 0 Å². The van der Waals surface area contributed by atoms with Crippen LogP contribution in [-0.2, 0) is 6.54 Å². The fraction of sp³-hybridized carbons (Fsp3) is 0.333. The maximum Gasteiger partial charge on any atom is 0.191 e. The molecule has 0 aliphatic carbocycles. The van der Waals surface area contributed by atoms with Crippen molar-refractivity contribution in [1.82, 2.24) is 10.6 Å². The number of hydrogen-bond acceptors (Lipinski definition) is 4. The van der Waals surface area contributed by atoms with Gasteiger partial charge in [0.15, 0.2) is 5.96 Å². The maximum absolute atomic E-state index is 13.5. The number of rotatable bonds is 2. The summed E-state index contributed by atoms with van der Waals surface area (Å²) < 4.78 is 13.5. The van der Waals surface area contributed by atoms with Gasteiger partial charge in [-0.1, -0.05) is 0 Å².